The molecular weight excluding hydrogens is 302 g/mol. The highest BCUT2D eigenvalue weighted by Gasteiger charge is 2.23. The molecule has 4 N–H and O–H groups in total. The van der Waals surface area contributed by atoms with Gasteiger partial charge in [-0.25, -0.2) is 0 Å². The van der Waals surface area contributed by atoms with E-state index < -0.39 is 6.04 Å². The molecule has 1 aromatic carbocycles. The van der Waals surface area contributed by atoms with Crippen LogP contribution in [0.4, 0.5) is 5.69 Å². The molecule has 0 fully saturated rings. The zero-order valence-corrected chi connectivity index (χ0v) is 13.8. The van der Waals surface area contributed by atoms with Crippen LogP contribution in [0.5, 0.6) is 0 Å². The molecule has 0 bridgehead atoms. The monoisotopic (exact) mass is 323 g/mol. The van der Waals surface area contributed by atoms with Gasteiger partial charge in [0, 0.05) is 5.56 Å². The van der Waals surface area contributed by atoms with E-state index in [1.807, 2.05) is 38.1 Å². The first-order valence-corrected chi connectivity index (χ1v) is 8.03. The van der Waals surface area contributed by atoms with Crippen LogP contribution in [0.2, 0.25) is 0 Å². The topological polar surface area (TPSA) is 91.1 Å². The number of carbonyl (C=O) groups is 1. The number of fused-ring (bicyclic) bond motifs is 2. The second-order valence-corrected chi connectivity index (χ2v) is 6.53. The Labute approximate surface area is 140 Å². The lowest BCUT2D eigenvalue weighted by Crippen LogP contribution is -2.37. The maximum Gasteiger partial charge on any atom is 0.248 e. The fourth-order valence-corrected chi connectivity index (χ4v) is 3.05. The Balaban J connectivity index is 2.33. The highest BCUT2D eigenvalue weighted by Crippen LogP contribution is 2.27. The molecule has 2 aliphatic rings. The van der Waals surface area contributed by atoms with E-state index in [4.69, 9.17) is 11.5 Å². The Morgan fingerprint density at radius 3 is 2.58 bits per heavy atom. The second kappa shape index (κ2) is 6.09. The predicted molar refractivity (Wildman–Crippen MR) is 97.3 cm³/mol. The van der Waals surface area contributed by atoms with E-state index in [2.05, 4.69) is 0 Å². The van der Waals surface area contributed by atoms with Crippen molar-refractivity contribution in [2.45, 2.75) is 26.3 Å². The van der Waals surface area contributed by atoms with Crippen molar-refractivity contribution in [3.63, 3.8) is 0 Å². The summed E-state index contributed by atoms with van der Waals surface area (Å²) in [5.41, 5.74) is 13.5. The number of anilines is 1. The summed E-state index contributed by atoms with van der Waals surface area (Å²) in [5.74, 6) is 0.0891. The summed E-state index contributed by atoms with van der Waals surface area (Å²) in [6, 6.07) is 11.9. The number of carbonyl (C=O) groups excluding carboxylic acids is 1. The minimum Gasteiger partial charge on any atom is -0.396 e. The van der Waals surface area contributed by atoms with Gasteiger partial charge >= 0.3 is 0 Å². The Kier molecular flexibility index (Phi) is 4.11. The summed E-state index contributed by atoms with van der Waals surface area (Å²) >= 11 is 0. The molecule has 0 radical (unpaired) electrons. The van der Waals surface area contributed by atoms with Gasteiger partial charge < -0.3 is 11.5 Å². The summed E-state index contributed by atoms with van der Waals surface area (Å²) in [6.45, 7) is 4.05. The molecule has 1 aliphatic carbocycles. The zero-order chi connectivity index (χ0) is 17.4. The van der Waals surface area contributed by atoms with Gasteiger partial charge in [0.15, 0.2) is 0 Å². The smallest absolute Gasteiger partial charge is 0.248 e. The van der Waals surface area contributed by atoms with Gasteiger partial charge in [-0.15, -0.1) is 0 Å². The molecule has 1 unspecified atom stereocenters. The minimum absolute atomic E-state index is 0.170. The van der Waals surface area contributed by atoms with Crippen LogP contribution in [-0.4, -0.2) is 16.5 Å². The number of nitrogen functional groups attached to an aromatic ring is 1. The number of nitrogens with two attached hydrogens (primary N) is 2. The molecule has 0 spiro atoms. The van der Waals surface area contributed by atoms with Gasteiger partial charge in [-0.3, -0.25) is 14.2 Å². The van der Waals surface area contributed by atoms with Crippen molar-refractivity contribution in [1.82, 2.24) is 4.57 Å². The molecule has 1 atom stereocenters. The number of nitrogens with zero attached hydrogens (tertiary/aromatic N) is 1. The van der Waals surface area contributed by atoms with Crippen molar-refractivity contribution in [2.24, 2.45) is 11.7 Å². The van der Waals surface area contributed by atoms with Crippen molar-refractivity contribution >= 4 is 22.5 Å². The number of pyridine rings is 1. The quantitative estimate of drug-likeness (QED) is 0.572. The molecule has 5 heteroatoms. The van der Waals surface area contributed by atoms with Gasteiger partial charge in [0.05, 0.1) is 22.9 Å². The van der Waals surface area contributed by atoms with Gasteiger partial charge in [-0.1, -0.05) is 32.0 Å². The van der Waals surface area contributed by atoms with Gasteiger partial charge in [-0.05, 0) is 42.0 Å². The van der Waals surface area contributed by atoms with Crippen LogP contribution in [0, 0.1) is 5.92 Å². The lowest BCUT2D eigenvalue weighted by molar-refractivity contribution is 0.0875. The third-order valence-corrected chi connectivity index (χ3v) is 4.18. The highest BCUT2D eigenvalue weighted by molar-refractivity contribution is 5.99. The maximum absolute atomic E-state index is 13.0. The normalized spacial score (nSPS) is 12.8. The van der Waals surface area contributed by atoms with Gasteiger partial charge in [0.2, 0.25) is 11.3 Å². The molecule has 3 rings (SSSR count). The Morgan fingerprint density at radius 2 is 1.88 bits per heavy atom. The van der Waals surface area contributed by atoms with E-state index >= 15 is 0 Å². The van der Waals surface area contributed by atoms with Gasteiger partial charge in [0.25, 0.3) is 0 Å². The lowest BCUT2D eigenvalue weighted by Gasteiger charge is -2.21. The van der Waals surface area contributed by atoms with E-state index in [-0.39, 0.29) is 17.0 Å². The average Bonchev–Trinajstić information content (AvgIpc) is 2.55. The molecule has 0 aromatic heterocycles. The van der Waals surface area contributed by atoms with Gasteiger partial charge in [0.1, 0.15) is 0 Å². The summed E-state index contributed by atoms with van der Waals surface area (Å²) in [5, 5.41) is 0.804. The van der Waals surface area contributed by atoms with Crippen LogP contribution in [0.25, 0.3) is 22.2 Å². The molecule has 0 amide bonds. The number of hydrogen-bond acceptors (Lipinski definition) is 4. The van der Waals surface area contributed by atoms with E-state index in [1.54, 1.807) is 16.7 Å². The number of aromatic nitrogens is 1. The summed E-state index contributed by atoms with van der Waals surface area (Å²) in [4.78, 5) is 25.4. The maximum atomic E-state index is 13.0. The Morgan fingerprint density at radius 1 is 1.17 bits per heavy atom. The number of rotatable bonds is 3. The summed E-state index contributed by atoms with van der Waals surface area (Å²) in [7, 11) is 0. The van der Waals surface area contributed by atoms with Gasteiger partial charge in [-0.2, -0.15) is 0 Å². The second-order valence-electron chi connectivity index (χ2n) is 6.53. The molecule has 0 saturated heterocycles. The number of hydrogen-bond donors (Lipinski definition) is 2. The first kappa shape index (κ1) is 16.2. The molecule has 124 valence electrons. The van der Waals surface area contributed by atoms with Crippen LogP contribution < -0.4 is 16.9 Å². The largest absolute Gasteiger partial charge is 0.396 e. The van der Waals surface area contributed by atoms with Crippen LogP contribution in [0.1, 0.15) is 25.1 Å². The molecule has 5 nitrogen and oxygen atoms in total. The van der Waals surface area contributed by atoms with Crippen LogP contribution in [0.15, 0.2) is 47.3 Å². The van der Waals surface area contributed by atoms with Crippen molar-refractivity contribution < 1.29 is 4.79 Å². The SMILES string of the molecule is CC(C)CC(N)C(=O)n1c2ccc(N)c(=O)c-2cc2ccccc21. The molecule has 0 saturated carbocycles. The van der Waals surface area contributed by atoms with Crippen molar-refractivity contribution in [1.29, 1.82) is 0 Å². The zero-order valence-electron chi connectivity index (χ0n) is 13.8. The molecular formula is C19H21N3O2. The van der Waals surface area contributed by atoms with Crippen LogP contribution >= 0.6 is 0 Å². The van der Waals surface area contributed by atoms with Crippen LogP contribution in [-0.2, 0) is 0 Å². The first-order chi connectivity index (χ1) is 11.4. The minimum atomic E-state index is -0.628. The van der Waals surface area contributed by atoms with Crippen molar-refractivity contribution in [3.8, 4) is 11.3 Å². The van der Waals surface area contributed by atoms with E-state index in [0.717, 1.165) is 10.9 Å². The average molecular weight is 323 g/mol. The Hall–Kier alpha value is -2.66. The molecule has 1 heterocycles. The van der Waals surface area contributed by atoms with Crippen LogP contribution in [0.3, 0.4) is 0 Å². The third kappa shape index (κ3) is 2.67. The standard InChI is InChI=1S/C19H21N3O2/c1-11(2)9-15(21)19(24)22-16-6-4-3-5-12(16)10-13-17(22)8-7-14(20)18(13)23/h3-8,10-11,15H,9,20-21H2,1-2H3. The van der Waals surface area contributed by atoms with E-state index in [0.29, 0.717) is 23.6 Å². The lowest BCUT2D eigenvalue weighted by atomic mass is 10.0. The third-order valence-electron chi connectivity index (χ3n) is 4.18. The predicted octanol–water partition coefficient (Wildman–Crippen LogP) is 2.70. The highest BCUT2D eigenvalue weighted by atomic mass is 16.2. The molecule has 1 aromatic rings. The number of benzene rings is 2. The fraction of sp³-hybridized carbons (Fsp3) is 0.263. The number of para-hydroxylation sites is 1. The summed E-state index contributed by atoms with van der Waals surface area (Å²) in [6.07, 6.45) is 0.579. The van der Waals surface area contributed by atoms with E-state index in [9.17, 15) is 9.59 Å². The summed E-state index contributed by atoms with van der Waals surface area (Å²) < 4.78 is 1.55. The van der Waals surface area contributed by atoms with E-state index in [1.165, 1.54) is 6.07 Å². The van der Waals surface area contributed by atoms with Crippen molar-refractivity contribution in [2.75, 3.05) is 5.73 Å². The van der Waals surface area contributed by atoms with Crippen molar-refractivity contribution in [3.05, 3.63) is 52.7 Å². The fourth-order valence-electron chi connectivity index (χ4n) is 3.05. The Bertz CT molecular complexity index is 943. The molecule has 24 heavy (non-hydrogen) atoms. The molecule has 1 aliphatic heterocycles. The first-order valence-electron chi connectivity index (χ1n) is 8.03.